The molecule has 6 nitrogen and oxygen atoms in total. The lowest BCUT2D eigenvalue weighted by molar-refractivity contribution is -0.135. The molecule has 3 aromatic rings. The van der Waals surface area contributed by atoms with Crippen molar-refractivity contribution in [1.29, 1.82) is 0 Å². The van der Waals surface area contributed by atoms with Crippen molar-refractivity contribution in [2.75, 3.05) is 25.6 Å². The SMILES string of the molecule is CN(C)c1ccc(C2CC(c3ccc(Br)cc3)=NN2C(=O)COc2ccc(C=O)cc2)cc1. The number of rotatable bonds is 7. The molecule has 0 bridgehead atoms. The highest BCUT2D eigenvalue weighted by Crippen LogP contribution is 2.34. The van der Waals surface area contributed by atoms with Gasteiger partial charge in [0.2, 0.25) is 0 Å². The summed E-state index contributed by atoms with van der Waals surface area (Å²) < 4.78 is 6.67. The van der Waals surface area contributed by atoms with Gasteiger partial charge >= 0.3 is 0 Å². The zero-order valence-corrected chi connectivity index (χ0v) is 20.0. The van der Waals surface area contributed by atoms with Crippen molar-refractivity contribution in [3.8, 4) is 5.75 Å². The first kappa shape index (κ1) is 22.7. The fraction of sp³-hybridized carbons (Fsp3) is 0.192. The van der Waals surface area contributed by atoms with E-state index < -0.39 is 0 Å². The Morgan fingerprint density at radius 3 is 2.33 bits per heavy atom. The summed E-state index contributed by atoms with van der Waals surface area (Å²) in [4.78, 5) is 26.0. The number of anilines is 1. The summed E-state index contributed by atoms with van der Waals surface area (Å²) in [5.74, 6) is 0.292. The Hall–Kier alpha value is -3.45. The van der Waals surface area contributed by atoms with Gasteiger partial charge < -0.3 is 9.64 Å². The molecule has 1 atom stereocenters. The lowest BCUT2D eigenvalue weighted by Gasteiger charge is -2.23. The zero-order chi connectivity index (χ0) is 23.4. The van der Waals surface area contributed by atoms with Gasteiger partial charge in [-0.2, -0.15) is 5.10 Å². The molecule has 1 amide bonds. The molecule has 0 N–H and O–H groups in total. The average molecular weight is 506 g/mol. The van der Waals surface area contributed by atoms with Crippen LogP contribution in [-0.2, 0) is 4.79 Å². The molecule has 0 saturated carbocycles. The van der Waals surface area contributed by atoms with E-state index in [0.717, 1.165) is 33.3 Å². The third kappa shape index (κ3) is 5.31. The van der Waals surface area contributed by atoms with Gasteiger partial charge in [-0.15, -0.1) is 0 Å². The van der Waals surface area contributed by atoms with Gasteiger partial charge in [0.1, 0.15) is 12.0 Å². The summed E-state index contributed by atoms with van der Waals surface area (Å²) in [7, 11) is 3.99. The second-order valence-corrected chi connectivity index (χ2v) is 8.89. The standard InChI is InChI=1S/C26H24BrN3O3/c1-29(2)22-11-7-20(8-12-22)25-15-24(19-5-9-21(27)10-6-19)28-30(25)26(32)17-33-23-13-3-18(16-31)4-14-23/h3-14,16,25H,15,17H2,1-2H3. The first-order chi connectivity index (χ1) is 15.9. The third-order valence-corrected chi connectivity index (χ3v) is 6.04. The first-order valence-corrected chi connectivity index (χ1v) is 11.3. The maximum absolute atomic E-state index is 13.2. The lowest BCUT2D eigenvalue weighted by Crippen LogP contribution is -2.31. The number of carbonyl (C=O) groups excluding carboxylic acids is 2. The van der Waals surface area contributed by atoms with Gasteiger partial charge in [-0.25, -0.2) is 5.01 Å². The van der Waals surface area contributed by atoms with Crippen molar-refractivity contribution in [2.45, 2.75) is 12.5 Å². The van der Waals surface area contributed by atoms with Crippen LogP contribution in [0.25, 0.3) is 0 Å². The molecule has 0 spiro atoms. The summed E-state index contributed by atoms with van der Waals surface area (Å²) in [6.45, 7) is -0.149. The molecule has 1 unspecified atom stereocenters. The molecule has 1 aliphatic rings. The molecule has 7 heteroatoms. The molecule has 3 aromatic carbocycles. The van der Waals surface area contributed by atoms with Crippen LogP contribution in [0.5, 0.6) is 5.75 Å². The average Bonchev–Trinajstić information content (AvgIpc) is 3.29. The van der Waals surface area contributed by atoms with Gasteiger partial charge in [0.05, 0.1) is 11.8 Å². The van der Waals surface area contributed by atoms with Gasteiger partial charge in [-0.1, -0.05) is 40.2 Å². The monoisotopic (exact) mass is 505 g/mol. The smallest absolute Gasteiger partial charge is 0.281 e. The molecule has 0 fully saturated rings. The molecule has 168 valence electrons. The molecule has 1 aliphatic heterocycles. The topological polar surface area (TPSA) is 62.2 Å². The van der Waals surface area contributed by atoms with Crippen LogP contribution in [0.1, 0.15) is 33.9 Å². The Balaban J connectivity index is 1.56. The van der Waals surface area contributed by atoms with Crippen molar-refractivity contribution >= 4 is 39.5 Å². The number of halogens is 1. The maximum Gasteiger partial charge on any atom is 0.281 e. The molecular formula is C26H24BrN3O3. The van der Waals surface area contributed by atoms with Gasteiger partial charge in [0.25, 0.3) is 5.91 Å². The summed E-state index contributed by atoms with van der Waals surface area (Å²) >= 11 is 3.46. The van der Waals surface area contributed by atoms with E-state index in [-0.39, 0.29) is 18.6 Å². The molecule has 0 aliphatic carbocycles. The largest absolute Gasteiger partial charge is 0.484 e. The fourth-order valence-corrected chi connectivity index (χ4v) is 3.93. The molecule has 0 saturated heterocycles. The number of benzene rings is 3. The fourth-order valence-electron chi connectivity index (χ4n) is 3.67. The Morgan fingerprint density at radius 1 is 1.06 bits per heavy atom. The van der Waals surface area contributed by atoms with Gasteiger partial charge in [0.15, 0.2) is 6.61 Å². The highest BCUT2D eigenvalue weighted by molar-refractivity contribution is 9.10. The zero-order valence-electron chi connectivity index (χ0n) is 18.4. The van der Waals surface area contributed by atoms with E-state index in [1.54, 1.807) is 24.3 Å². The first-order valence-electron chi connectivity index (χ1n) is 10.6. The van der Waals surface area contributed by atoms with Crippen LogP contribution in [0.15, 0.2) is 82.4 Å². The highest BCUT2D eigenvalue weighted by Gasteiger charge is 2.33. The minimum absolute atomic E-state index is 0.149. The van der Waals surface area contributed by atoms with Crippen LogP contribution < -0.4 is 9.64 Å². The summed E-state index contributed by atoms with van der Waals surface area (Å²) in [6, 6.07) is 22.5. The summed E-state index contributed by atoms with van der Waals surface area (Å²) in [5.41, 5.74) is 4.49. The molecule has 0 radical (unpaired) electrons. The molecular weight excluding hydrogens is 482 g/mol. The van der Waals surface area contributed by atoms with E-state index in [0.29, 0.717) is 17.7 Å². The number of hydrogen-bond donors (Lipinski definition) is 0. The van der Waals surface area contributed by atoms with Crippen molar-refractivity contribution in [3.05, 3.63) is 94.0 Å². The Bertz CT molecular complexity index is 1160. The Labute approximate surface area is 201 Å². The predicted octanol–water partition coefficient (Wildman–Crippen LogP) is 5.08. The van der Waals surface area contributed by atoms with Crippen LogP contribution in [0.4, 0.5) is 5.69 Å². The maximum atomic E-state index is 13.2. The van der Waals surface area contributed by atoms with Crippen LogP contribution in [0.3, 0.4) is 0 Å². The van der Waals surface area contributed by atoms with Crippen LogP contribution in [0.2, 0.25) is 0 Å². The van der Waals surface area contributed by atoms with Gasteiger partial charge in [-0.05, 0) is 59.7 Å². The quantitative estimate of drug-likeness (QED) is 0.419. The van der Waals surface area contributed by atoms with Gasteiger partial charge in [-0.3, -0.25) is 9.59 Å². The normalized spacial score (nSPS) is 15.2. The minimum atomic E-state index is -0.233. The highest BCUT2D eigenvalue weighted by atomic mass is 79.9. The third-order valence-electron chi connectivity index (χ3n) is 5.52. The second-order valence-electron chi connectivity index (χ2n) is 7.97. The second kappa shape index (κ2) is 10.0. The van der Waals surface area contributed by atoms with Crippen molar-refractivity contribution in [1.82, 2.24) is 5.01 Å². The molecule has 1 heterocycles. The number of nitrogens with zero attached hydrogens (tertiary/aromatic N) is 3. The molecule has 33 heavy (non-hydrogen) atoms. The number of ether oxygens (including phenoxy) is 1. The lowest BCUT2D eigenvalue weighted by atomic mass is 9.98. The van der Waals surface area contributed by atoms with Crippen molar-refractivity contribution in [2.24, 2.45) is 5.10 Å². The van der Waals surface area contributed by atoms with Gasteiger partial charge in [0, 0.05) is 36.2 Å². The molecule has 0 aromatic heterocycles. The van der Waals surface area contributed by atoms with E-state index in [2.05, 4.69) is 15.9 Å². The number of amides is 1. The number of hydrazone groups is 1. The van der Waals surface area contributed by atoms with Crippen LogP contribution >= 0.6 is 15.9 Å². The van der Waals surface area contributed by atoms with Crippen molar-refractivity contribution in [3.63, 3.8) is 0 Å². The Morgan fingerprint density at radius 2 is 1.73 bits per heavy atom. The van der Waals surface area contributed by atoms with Crippen LogP contribution in [0, 0.1) is 0 Å². The van der Waals surface area contributed by atoms with Crippen molar-refractivity contribution < 1.29 is 14.3 Å². The number of aldehydes is 1. The van der Waals surface area contributed by atoms with E-state index in [1.165, 1.54) is 5.01 Å². The summed E-state index contributed by atoms with van der Waals surface area (Å²) in [5, 5.41) is 6.22. The van der Waals surface area contributed by atoms with E-state index in [1.807, 2.05) is 67.5 Å². The minimum Gasteiger partial charge on any atom is -0.484 e. The number of carbonyl (C=O) groups is 2. The van der Waals surface area contributed by atoms with E-state index in [4.69, 9.17) is 9.84 Å². The van der Waals surface area contributed by atoms with E-state index >= 15 is 0 Å². The van der Waals surface area contributed by atoms with E-state index in [9.17, 15) is 9.59 Å². The Kier molecular flexibility index (Phi) is 6.89. The molecule has 4 rings (SSSR count). The number of hydrogen-bond acceptors (Lipinski definition) is 5. The summed E-state index contributed by atoms with van der Waals surface area (Å²) in [6.07, 6.45) is 1.38. The predicted molar refractivity (Wildman–Crippen MR) is 133 cm³/mol. The van der Waals surface area contributed by atoms with Crippen LogP contribution in [-0.4, -0.2) is 43.6 Å².